The minimum absolute atomic E-state index is 0.175. The number of benzene rings is 1. The summed E-state index contributed by atoms with van der Waals surface area (Å²) in [5.74, 6) is 0.175. The molecule has 3 atom stereocenters. The summed E-state index contributed by atoms with van der Waals surface area (Å²) < 4.78 is 11.0. The molecule has 1 aliphatic carbocycles. The van der Waals surface area contributed by atoms with Gasteiger partial charge in [0.2, 0.25) is 0 Å². The van der Waals surface area contributed by atoms with E-state index in [2.05, 4.69) is 13.0 Å². The summed E-state index contributed by atoms with van der Waals surface area (Å²) in [7, 11) is 5.59. The van der Waals surface area contributed by atoms with Crippen molar-refractivity contribution >= 4 is 29.3 Å². The van der Waals surface area contributed by atoms with Crippen LogP contribution in [0, 0.1) is 5.41 Å². The van der Waals surface area contributed by atoms with Gasteiger partial charge >= 0.3 is 5.97 Å². The van der Waals surface area contributed by atoms with Crippen LogP contribution in [-0.4, -0.2) is 62.4 Å². The second-order valence-corrected chi connectivity index (χ2v) is 9.37. The monoisotopic (exact) mass is 430 g/mol. The van der Waals surface area contributed by atoms with E-state index in [1.807, 2.05) is 55.4 Å². The largest absolute Gasteiger partial charge is 0.497 e. The van der Waals surface area contributed by atoms with Gasteiger partial charge < -0.3 is 19.3 Å². The summed E-state index contributed by atoms with van der Waals surface area (Å²) in [5.41, 5.74) is 0.484. The topological polar surface area (TPSA) is 59.1 Å². The van der Waals surface area contributed by atoms with Crippen LogP contribution >= 0.6 is 11.8 Å². The summed E-state index contributed by atoms with van der Waals surface area (Å²) in [6, 6.07) is 7.91. The molecule has 6 nitrogen and oxygen atoms in total. The fourth-order valence-corrected chi connectivity index (χ4v) is 5.24. The molecule has 3 unspecified atom stereocenters. The first-order valence-corrected chi connectivity index (χ1v) is 11.0. The summed E-state index contributed by atoms with van der Waals surface area (Å²) in [6.07, 6.45) is 5.84. The lowest BCUT2D eigenvalue weighted by Gasteiger charge is -2.38. The molecule has 1 aliphatic heterocycles. The molecule has 2 aliphatic rings. The molecule has 0 N–H and O–H groups in total. The number of amides is 1. The summed E-state index contributed by atoms with van der Waals surface area (Å²) in [5, 5.41) is -0.273. The summed E-state index contributed by atoms with van der Waals surface area (Å²) >= 11 is 1.61. The molecular formula is C23H30N2O4S. The first-order chi connectivity index (χ1) is 14.2. The van der Waals surface area contributed by atoms with E-state index >= 15 is 0 Å². The average molecular weight is 431 g/mol. The van der Waals surface area contributed by atoms with Gasteiger partial charge in [0.25, 0.3) is 5.91 Å². The highest BCUT2D eigenvalue weighted by molar-refractivity contribution is 8.00. The van der Waals surface area contributed by atoms with Gasteiger partial charge in [0, 0.05) is 30.3 Å². The predicted molar refractivity (Wildman–Crippen MR) is 120 cm³/mol. The number of allylic oxidation sites excluding steroid dienone is 3. The maximum absolute atomic E-state index is 13.7. The Kier molecular flexibility index (Phi) is 6.93. The second kappa shape index (κ2) is 9.27. The Morgan fingerprint density at radius 2 is 2.07 bits per heavy atom. The molecular weight excluding hydrogens is 400 g/mol. The summed E-state index contributed by atoms with van der Waals surface area (Å²) in [6.45, 7) is 4.69. The van der Waals surface area contributed by atoms with Gasteiger partial charge in [0.05, 0.1) is 18.0 Å². The van der Waals surface area contributed by atoms with Gasteiger partial charge in [-0.15, -0.1) is 11.8 Å². The normalized spacial score (nSPS) is 26.1. The third kappa shape index (κ3) is 4.73. The van der Waals surface area contributed by atoms with Crippen LogP contribution in [0.3, 0.4) is 0 Å². The van der Waals surface area contributed by atoms with Gasteiger partial charge in [0.15, 0.2) is 6.10 Å². The van der Waals surface area contributed by atoms with Crippen molar-refractivity contribution in [1.29, 1.82) is 0 Å². The van der Waals surface area contributed by atoms with Crippen molar-refractivity contribution in [2.45, 2.75) is 36.5 Å². The minimum atomic E-state index is -0.880. The van der Waals surface area contributed by atoms with Crippen molar-refractivity contribution in [1.82, 2.24) is 4.90 Å². The van der Waals surface area contributed by atoms with Crippen LogP contribution in [0.2, 0.25) is 0 Å². The fraction of sp³-hybridized carbons (Fsp3) is 0.478. The zero-order valence-electron chi connectivity index (χ0n) is 18.3. The number of hydrogen-bond acceptors (Lipinski definition) is 6. The molecule has 1 aromatic carbocycles. The van der Waals surface area contributed by atoms with Gasteiger partial charge in [-0.1, -0.05) is 25.1 Å². The number of thioether (sulfide) groups is 1. The lowest BCUT2D eigenvalue weighted by molar-refractivity contribution is -0.153. The second-order valence-electron chi connectivity index (χ2n) is 8.18. The van der Waals surface area contributed by atoms with E-state index in [0.717, 1.165) is 16.3 Å². The molecule has 0 saturated carbocycles. The maximum Gasteiger partial charge on any atom is 0.303 e. The van der Waals surface area contributed by atoms with E-state index in [-0.39, 0.29) is 16.6 Å². The molecule has 1 aromatic rings. The van der Waals surface area contributed by atoms with Crippen LogP contribution in [-0.2, 0) is 19.1 Å². The lowest BCUT2D eigenvalue weighted by atomic mass is 9.77. The van der Waals surface area contributed by atoms with Gasteiger partial charge in [-0.25, -0.2) is 0 Å². The van der Waals surface area contributed by atoms with E-state index in [0.29, 0.717) is 19.5 Å². The van der Waals surface area contributed by atoms with Crippen LogP contribution < -0.4 is 4.90 Å². The Bertz CT molecular complexity index is 867. The van der Waals surface area contributed by atoms with Crippen LogP contribution in [0.5, 0.6) is 0 Å². The average Bonchev–Trinajstić information content (AvgIpc) is 2.82. The predicted octanol–water partition coefficient (Wildman–Crippen LogP) is 3.48. The first-order valence-electron chi connectivity index (χ1n) is 10.1. The lowest BCUT2D eigenvalue weighted by Crippen LogP contribution is -2.51. The minimum Gasteiger partial charge on any atom is -0.497 e. The molecule has 30 heavy (non-hydrogen) atoms. The molecule has 7 heteroatoms. The Morgan fingerprint density at radius 3 is 2.67 bits per heavy atom. The Balaban J connectivity index is 2.05. The number of methoxy groups -OCH3 is 1. The molecule has 0 bridgehead atoms. The summed E-state index contributed by atoms with van der Waals surface area (Å²) in [4.78, 5) is 30.5. The van der Waals surface area contributed by atoms with Gasteiger partial charge in [0.1, 0.15) is 5.76 Å². The smallest absolute Gasteiger partial charge is 0.303 e. The third-order valence-corrected chi connectivity index (χ3v) is 7.15. The van der Waals surface area contributed by atoms with Gasteiger partial charge in [-0.2, -0.15) is 0 Å². The Morgan fingerprint density at radius 1 is 1.33 bits per heavy atom. The molecule has 1 heterocycles. The van der Waals surface area contributed by atoms with Crippen LogP contribution in [0.1, 0.15) is 20.3 Å². The highest BCUT2D eigenvalue weighted by Crippen LogP contribution is 2.49. The number of likely N-dealkylation sites (N-methyl/N-ethyl adjacent to an activating group) is 1. The number of fused-ring (bicyclic) bond motifs is 1. The molecule has 0 spiro atoms. The van der Waals surface area contributed by atoms with E-state index in [4.69, 9.17) is 9.47 Å². The van der Waals surface area contributed by atoms with Crippen molar-refractivity contribution in [2.75, 3.05) is 39.2 Å². The van der Waals surface area contributed by atoms with E-state index < -0.39 is 12.1 Å². The molecule has 1 amide bonds. The third-order valence-electron chi connectivity index (χ3n) is 5.52. The van der Waals surface area contributed by atoms with Crippen molar-refractivity contribution in [3.63, 3.8) is 0 Å². The van der Waals surface area contributed by atoms with Crippen LogP contribution in [0.25, 0.3) is 0 Å². The zero-order valence-corrected chi connectivity index (χ0v) is 19.1. The molecule has 162 valence electrons. The highest BCUT2D eigenvalue weighted by atomic mass is 32.2. The van der Waals surface area contributed by atoms with Crippen molar-refractivity contribution < 1.29 is 19.1 Å². The molecule has 0 fully saturated rings. The first kappa shape index (κ1) is 22.4. The Labute approximate surface area is 182 Å². The number of anilines is 1. The van der Waals surface area contributed by atoms with E-state index in [9.17, 15) is 9.59 Å². The van der Waals surface area contributed by atoms with E-state index in [1.54, 1.807) is 23.8 Å². The Hall–Kier alpha value is -2.25. The number of ether oxygens (including phenoxy) is 2. The van der Waals surface area contributed by atoms with Gasteiger partial charge in [-0.05, 0) is 44.8 Å². The van der Waals surface area contributed by atoms with Crippen LogP contribution in [0.4, 0.5) is 5.69 Å². The molecule has 0 radical (unpaired) electrons. The molecule has 0 saturated heterocycles. The van der Waals surface area contributed by atoms with Crippen molar-refractivity contribution in [3.05, 3.63) is 48.3 Å². The van der Waals surface area contributed by atoms with Crippen LogP contribution in [0.15, 0.2) is 53.1 Å². The standard InChI is InChI=1S/C23H30N2O4S/c1-16(26)29-20-21(23(2)12-10-17(28-5)11-13-23)30-19-9-7-6-8-18(19)25(22(20)27)15-14-24(3)4/h6-12,20-21H,13-15H2,1-5H3. The quantitative estimate of drug-likeness (QED) is 0.644. The van der Waals surface area contributed by atoms with Crippen molar-refractivity contribution in [3.8, 4) is 0 Å². The van der Waals surface area contributed by atoms with Crippen molar-refractivity contribution in [2.24, 2.45) is 5.41 Å². The number of hydrogen-bond donors (Lipinski definition) is 0. The fourth-order valence-electron chi connectivity index (χ4n) is 3.77. The SMILES string of the molecule is COC1=CCC(C)(C2Sc3ccccc3N(CCN(C)C)C(=O)C2OC(C)=O)C=C1. The number of carbonyl (C=O) groups is 2. The number of rotatable bonds is 6. The number of esters is 1. The number of carbonyl (C=O) groups excluding carboxylic acids is 2. The molecule has 0 aromatic heterocycles. The number of para-hydroxylation sites is 1. The maximum atomic E-state index is 13.7. The zero-order chi connectivity index (χ0) is 21.9. The van der Waals surface area contributed by atoms with E-state index in [1.165, 1.54) is 6.92 Å². The van der Waals surface area contributed by atoms with Gasteiger partial charge in [-0.3, -0.25) is 9.59 Å². The highest BCUT2D eigenvalue weighted by Gasteiger charge is 2.48. The molecule has 3 rings (SSSR count). The number of nitrogens with zero attached hydrogens (tertiary/aromatic N) is 2.